The molecule has 0 aliphatic rings. The SMILES string of the molecule is O=C(OCCCCCO)c1ccc2c(c1)no[n+]2[O-]. The Balaban J connectivity index is 1.93. The highest BCUT2D eigenvalue weighted by molar-refractivity contribution is 5.92. The van der Waals surface area contributed by atoms with Gasteiger partial charge in [-0.2, -0.15) is 0 Å². The van der Waals surface area contributed by atoms with Crippen LogP contribution in [0.25, 0.3) is 11.0 Å². The Morgan fingerprint density at radius 1 is 1.42 bits per heavy atom. The highest BCUT2D eigenvalue weighted by atomic mass is 16.8. The molecule has 0 atom stereocenters. The van der Waals surface area contributed by atoms with E-state index in [1.165, 1.54) is 18.2 Å². The number of carbonyl (C=O) groups excluding carboxylic acids is 1. The average Bonchev–Trinajstić information content (AvgIpc) is 2.79. The van der Waals surface area contributed by atoms with Crippen LogP contribution in [0.1, 0.15) is 29.6 Å². The summed E-state index contributed by atoms with van der Waals surface area (Å²) in [5.74, 6) is -0.466. The van der Waals surface area contributed by atoms with Crippen molar-refractivity contribution < 1.29 is 24.2 Å². The second-order valence-electron chi connectivity index (χ2n) is 4.05. The molecule has 7 heteroatoms. The van der Waals surface area contributed by atoms with E-state index in [2.05, 4.69) is 9.79 Å². The lowest BCUT2D eigenvalue weighted by molar-refractivity contribution is -0.782. The number of carbonyl (C=O) groups is 1. The summed E-state index contributed by atoms with van der Waals surface area (Å²) in [6.45, 7) is 0.448. The summed E-state index contributed by atoms with van der Waals surface area (Å²) in [4.78, 5) is 12.0. The van der Waals surface area contributed by atoms with Gasteiger partial charge >= 0.3 is 5.97 Å². The Bertz CT molecular complexity index is 566. The van der Waals surface area contributed by atoms with Crippen molar-refractivity contribution >= 4 is 17.0 Å². The third-order valence-corrected chi connectivity index (χ3v) is 2.66. The van der Waals surface area contributed by atoms with Crippen molar-refractivity contribution in [3.05, 3.63) is 29.0 Å². The number of nitrogens with zero attached hydrogens (tertiary/aromatic N) is 2. The summed E-state index contributed by atoms with van der Waals surface area (Å²) in [5.41, 5.74) is 0.896. The molecule has 1 aromatic heterocycles. The summed E-state index contributed by atoms with van der Waals surface area (Å²) < 4.78 is 9.48. The predicted octanol–water partition coefficient (Wildman–Crippen LogP) is 0.781. The van der Waals surface area contributed by atoms with Crippen LogP contribution in [0.3, 0.4) is 0 Å². The molecule has 0 aliphatic carbocycles. The van der Waals surface area contributed by atoms with Crippen LogP contribution in [0.4, 0.5) is 0 Å². The van der Waals surface area contributed by atoms with Gasteiger partial charge in [0.05, 0.1) is 12.2 Å². The van der Waals surface area contributed by atoms with Gasteiger partial charge in [0.25, 0.3) is 0 Å². The van der Waals surface area contributed by atoms with E-state index in [1.807, 2.05) is 0 Å². The van der Waals surface area contributed by atoms with Crippen molar-refractivity contribution in [3.8, 4) is 0 Å². The van der Waals surface area contributed by atoms with Gasteiger partial charge in [0.2, 0.25) is 11.0 Å². The van der Waals surface area contributed by atoms with Crippen LogP contribution in [0, 0.1) is 5.21 Å². The molecule has 0 amide bonds. The Kier molecular flexibility index (Phi) is 4.30. The van der Waals surface area contributed by atoms with Crippen molar-refractivity contribution in [2.45, 2.75) is 19.3 Å². The Morgan fingerprint density at radius 3 is 3.05 bits per heavy atom. The second-order valence-corrected chi connectivity index (χ2v) is 4.05. The van der Waals surface area contributed by atoms with Crippen molar-refractivity contribution in [2.75, 3.05) is 13.2 Å². The fourth-order valence-electron chi connectivity index (χ4n) is 1.64. The van der Waals surface area contributed by atoms with Crippen molar-refractivity contribution in [2.24, 2.45) is 0 Å². The Labute approximate surface area is 108 Å². The zero-order valence-electron chi connectivity index (χ0n) is 10.2. The van der Waals surface area contributed by atoms with Crippen LogP contribution < -0.4 is 4.90 Å². The van der Waals surface area contributed by atoms with E-state index >= 15 is 0 Å². The number of aromatic nitrogens is 2. The molecule has 2 aromatic rings. The topological polar surface area (TPSA) is 99.5 Å². The summed E-state index contributed by atoms with van der Waals surface area (Å²) in [7, 11) is 0. The maximum atomic E-state index is 11.7. The number of aliphatic hydroxyl groups excluding tert-OH is 1. The van der Waals surface area contributed by atoms with Gasteiger partial charge in [-0.1, -0.05) is 0 Å². The summed E-state index contributed by atoms with van der Waals surface area (Å²) in [6, 6.07) is 4.40. The molecule has 0 fully saturated rings. The van der Waals surface area contributed by atoms with Gasteiger partial charge in [-0.25, -0.2) is 4.79 Å². The first-order chi connectivity index (χ1) is 9.22. The molecule has 0 radical (unpaired) electrons. The van der Waals surface area contributed by atoms with Crippen LogP contribution in [0.2, 0.25) is 0 Å². The maximum absolute atomic E-state index is 11.7. The van der Waals surface area contributed by atoms with E-state index in [9.17, 15) is 10.0 Å². The zero-order valence-corrected chi connectivity index (χ0v) is 10.2. The number of ether oxygens (including phenoxy) is 1. The van der Waals surface area contributed by atoms with Crippen molar-refractivity contribution in [3.63, 3.8) is 0 Å². The smallest absolute Gasteiger partial charge is 0.338 e. The molecule has 7 nitrogen and oxygen atoms in total. The molecule has 1 heterocycles. The predicted molar refractivity (Wildman–Crippen MR) is 64.2 cm³/mol. The number of hydrogen-bond acceptors (Lipinski definition) is 6. The first-order valence-electron chi connectivity index (χ1n) is 6.00. The van der Waals surface area contributed by atoms with Gasteiger partial charge < -0.3 is 15.1 Å². The molecule has 0 bridgehead atoms. The van der Waals surface area contributed by atoms with Gasteiger partial charge in [-0.3, -0.25) is 4.63 Å². The van der Waals surface area contributed by atoms with E-state index in [4.69, 9.17) is 9.84 Å². The molecule has 0 saturated carbocycles. The van der Waals surface area contributed by atoms with Gasteiger partial charge in [0, 0.05) is 17.8 Å². The first-order valence-corrected chi connectivity index (χ1v) is 6.00. The van der Waals surface area contributed by atoms with Gasteiger partial charge in [-0.05, 0) is 36.3 Å². The molecule has 0 spiro atoms. The van der Waals surface area contributed by atoms with Crippen molar-refractivity contribution in [1.82, 2.24) is 5.16 Å². The van der Waals surface area contributed by atoms with E-state index in [0.717, 1.165) is 6.42 Å². The minimum atomic E-state index is -0.466. The minimum absolute atomic E-state index is 0.145. The van der Waals surface area contributed by atoms with E-state index in [0.29, 0.717) is 30.5 Å². The second kappa shape index (κ2) is 6.14. The van der Waals surface area contributed by atoms with E-state index < -0.39 is 5.97 Å². The van der Waals surface area contributed by atoms with Crippen molar-refractivity contribution in [1.29, 1.82) is 0 Å². The minimum Gasteiger partial charge on any atom is -0.462 e. The molecular weight excluding hydrogens is 252 g/mol. The summed E-state index contributed by atoms with van der Waals surface area (Å²) in [5, 5.41) is 23.2. The highest BCUT2D eigenvalue weighted by Gasteiger charge is 2.14. The quantitative estimate of drug-likeness (QED) is 0.471. The van der Waals surface area contributed by atoms with E-state index in [1.54, 1.807) is 0 Å². The summed E-state index contributed by atoms with van der Waals surface area (Å²) in [6.07, 6.45) is 2.22. The molecule has 2 rings (SSSR count). The van der Waals surface area contributed by atoms with Crippen LogP contribution in [0.5, 0.6) is 0 Å². The lowest BCUT2D eigenvalue weighted by Gasteiger charge is -2.03. The lowest BCUT2D eigenvalue weighted by atomic mass is 10.2. The van der Waals surface area contributed by atoms with Crippen LogP contribution in [-0.4, -0.2) is 29.4 Å². The maximum Gasteiger partial charge on any atom is 0.338 e. The highest BCUT2D eigenvalue weighted by Crippen LogP contribution is 2.11. The molecule has 0 aliphatic heterocycles. The number of aliphatic hydroxyl groups is 1. The Hall–Kier alpha value is -2.15. The third-order valence-electron chi connectivity index (χ3n) is 2.66. The fraction of sp³-hybridized carbons (Fsp3) is 0.417. The number of fused-ring (bicyclic) bond motifs is 1. The third kappa shape index (κ3) is 3.19. The zero-order chi connectivity index (χ0) is 13.7. The number of rotatable bonds is 6. The monoisotopic (exact) mass is 266 g/mol. The number of unbranched alkanes of at least 4 members (excludes halogenated alkanes) is 2. The fourth-order valence-corrected chi connectivity index (χ4v) is 1.64. The standard InChI is InChI=1S/C12H14N2O5/c15-6-2-1-3-7-18-12(16)9-4-5-11-10(8-9)13-19-14(11)17/h4-5,8,15H,1-3,6-7H2. The molecule has 1 aromatic carbocycles. The lowest BCUT2D eigenvalue weighted by Crippen LogP contribution is -2.22. The molecule has 0 unspecified atom stereocenters. The van der Waals surface area contributed by atoms with Gasteiger partial charge in [0.15, 0.2) is 0 Å². The molecule has 0 saturated heterocycles. The normalized spacial score (nSPS) is 10.8. The van der Waals surface area contributed by atoms with E-state index in [-0.39, 0.29) is 17.0 Å². The number of esters is 1. The molecule has 1 N–H and O–H groups in total. The average molecular weight is 266 g/mol. The molecule has 102 valence electrons. The summed E-state index contributed by atoms with van der Waals surface area (Å²) >= 11 is 0. The largest absolute Gasteiger partial charge is 0.462 e. The van der Waals surface area contributed by atoms with Crippen LogP contribution in [0.15, 0.2) is 22.8 Å². The van der Waals surface area contributed by atoms with Gasteiger partial charge in [-0.15, -0.1) is 0 Å². The Morgan fingerprint density at radius 2 is 2.26 bits per heavy atom. The first kappa shape index (κ1) is 13.3. The van der Waals surface area contributed by atoms with Crippen LogP contribution in [-0.2, 0) is 4.74 Å². The number of hydrogen-bond donors (Lipinski definition) is 1. The van der Waals surface area contributed by atoms with Gasteiger partial charge in [0.1, 0.15) is 0 Å². The number of benzene rings is 1. The molecule has 19 heavy (non-hydrogen) atoms. The molecular formula is C12H14N2O5. The van der Waals surface area contributed by atoms with Crippen LogP contribution >= 0.6 is 0 Å².